The quantitative estimate of drug-likeness (QED) is 0.619. The molecule has 1 saturated carbocycles. The molecule has 3 aromatic rings. The Kier molecular flexibility index (Phi) is 5.05. The van der Waals surface area contributed by atoms with E-state index in [4.69, 9.17) is 10.5 Å². The van der Waals surface area contributed by atoms with E-state index in [2.05, 4.69) is 29.2 Å². The summed E-state index contributed by atoms with van der Waals surface area (Å²) in [7, 11) is 0. The van der Waals surface area contributed by atoms with Crippen molar-refractivity contribution < 1.29 is 4.74 Å². The van der Waals surface area contributed by atoms with Crippen LogP contribution in [-0.2, 0) is 13.0 Å². The molecule has 26 heavy (non-hydrogen) atoms. The van der Waals surface area contributed by atoms with E-state index >= 15 is 0 Å². The van der Waals surface area contributed by atoms with Gasteiger partial charge in [0.2, 0.25) is 0 Å². The second-order valence-corrected chi connectivity index (χ2v) is 7.36. The minimum atomic E-state index is 0.428. The van der Waals surface area contributed by atoms with E-state index < -0.39 is 0 Å². The maximum atomic E-state index is 6.24. The summed E-state index contributed by atoms with van der Waals surface area (Å²) in [5.41, 5.74) is 10.2. The van der Waals surface area contributed by atoms with Crippen LogP contribution < -0.4 is 10.5 Å². The summed E-state index contributed by atoms with van der Waals surface area (Å²) >= 11 is 0. The summed E-state index contributed by atoms with van der Waals surface area (Å²) in [4.78, 5) is 4.65. The highest BCUT2D eigenvalue weighted by molar-refractivity contribution is 5.78. The van der Waals surface area contributed by atoms with Crippen molar-refractivity contribution in [1.29, 1.82) is 0 Å². The molecular weight excluding hydrogens is 320 g/mol. The lowest BCUT2D eigenvalue weighted by Gasteiger charge is -2.21. The van der Waals surface area contributed by atoms with Crippen LogP contribution >= 0.6 is 0 Å². The second-order valence-electron chi connectivity index (χ2n) is 7.36. The third-order valence-electron chi connectivity index (χ3n) is 5.35. The highest BCUT2D eigenvalue weighted by atomic mass is 16.5. The number of pyridine rings is 1. The number of nitrogens with zero attached hydrogens (tertiary/aromatic N) is 1. The number of hydrogen-bond acceptors (Lipinski definition) is 3. The Morgan fingerprint density at radius 2 is 1.81 bits per heavy atom. The largest absolute Gasteiger partial charge is 0.485 e. The summed E-state index contributed by atoms with van der Waals surface area (Å²) in [5, 5.41) is 1.14. The van der Waals surface area contributed by atoms with Crippen LogP contribution in [0.15, 0.2) is 54.6 Å². The Labute approximate surface area is 155 Å². The maximum absolute atomic E-state index is 6.24. The molecule has 1 fully saturated rings. The average Bonchev–Trinajstić information content (AvgIpc) is 2.68. The molecule has 1 aliphatic rings. The summed E-state index contributed by atoms with van der Waals surface area (Å²) in [5.74, 6) is 1.56. The number of anilines is 1. The van der Waals surface area contributed by atoms with E-state index in [9.17, 15) is 0 Å². The van der Waals surface area contributed by atoms with Crippen LogP contribution in [0.1, 0.15) is 43.4 Å². The number of rotatable bonds is 5. The standard InChI is InChI=1S/C23H26N2O/c24-21-15-18(14-17-6-2-1-3-7-17)10-13-23(21)26-16-20-12-11-19-8-4-5-9-22(19)25-20/h4-5,8-13,15,17H,1-3,6-7,14,16,24H2. The average molecular weight is 346 g/mol. The first-order chi connectivity index (χ1) is 12.8. The summed E-state index contributed by atoms with van der Waals surface area (Å²) in [6.07, 6.45) is 7.99. The summed E-state index contributed by atoms with van der Waals surface area (Å²) in [6.45, 7) is 0.428. The molecule has 1 aliphatic carbocycles. The van der Waals surface area contributed by atoms with Gasteiger partial charge in [-0.2, -0.15) is 0 Å². The molecule has 0 unspecified atom stereocenters. The molecule has 0 bridgehead atoms. The van der Waals surface area contributed by atoms with E-state index in [0.29, 0.717) is 6.61 Å². The Morgan fingerprint density at radius 3 is 2.65 bits per heavy atom. The van der Waals surface area contributed by atoms with Gasteiger partial charge in [-0.05, 0) is 42.2 Å². The zero-order chi connectivity index (χ0) is 17.8. The number of aromatic nitrogens is 1. The number of para-hydroxylation sites is 1. The van der Waals surface area contributed by atoms with Crippen LogP contribution in [0.2, 0.25) is 0 Å². The lowest BCUT2D eigenvalue weighted by molar-refractivity contribution is 0.303. The molecule has 134 valence electrons. The molecule has 3 nitrogen and oxygen atoms in total. The Morgan fingerprint density at radius 1 is 0.962 bits per heavy atom. The fourth-order valence-electron chi connectivity index (χ4n) is 3.92. The Balaban J connectivity index is 1.40. The van der Waals surface area contributed by atoms with Gasteiger partial charge in [0, 0.05) is 5.39 Å². The van der Waals surface area contributed by atoms with Crippen molar-refractivity contribution in [2.24, 2.45) is 5.92 Å². The van der Waals surface area contributed by atoms with Crippen molar-refractivity contribution in [2.75, 3.05) is 5.73 Å². The van der Waals surface area contributed by atoms with E-state index in [1.54, 1.807) is 0 Å². The zero-order valence-electron chi connectivity index (χ0n) is 15.2. The van der Waals surface area contributed by atoms with Gasteiger partial charge in [0.05, 0.1) is 16.9 Å². The predicted molar refractivity (Wildman–Crippen MR) is 107 cm³/mol. The van der Waals surface area contributed by atoms with Crippen LogP contribution in [0, 0.1) is 5.92 Å². The predicted octanol–water partition coefficient (Wildman–Crippen LogP) is 5.52. The minimum Gasteiger partial charge on any atom is -0.485 e. The maximum Gasteiger partial charge on any atom is 0.142 e. The third kappa shape index (κ3) is 3.98. The molecule has 3 heteroatoms. The van der Waals surface area contributed by atoms with Gasteiger partial charge in [0.25, 0.3) is 0 Å². The molecule has 4 rings (SSSR count). The van der Waals surface area contributed by atoms with Gasteiger partial charge in [-0.25, -0.2) is 4.98 Å². The molecule has 1 aromatic heterocycles. The van der Waals surface area contributed by atoms with Gasteiger partial charge < -0.3 is 10.5 Å². The van der Waals surface area contributed by atoms with Crippen LogP contribution in [0.5, 0.6) is 5.75 Å². The number of nitrogens with two attached hydrogens (primary N) is 1. The molecule has 2 N–H and O–H groups in total. The van der Waals surface area contributed by atoms with Gasteiger partial charge in [-0.1, -0.05) is 62.4 Å². The van der Waals surface area contributed by atoms with Crippen molar-refractivity contribution >= 4 is 16.6 Å². The topological polar surface area (TPSA) is 48.1 Å². The first-order valence-corrected chi connectivity index (χ1v) is 9.64. The third-order valence-corrected chi connectivity index (χ3v) is 5.35. The Bertz CT molecular complexity index is 884. The lowest BCUT2D eigenvalue weighted by Crippen LogP contribution is -2.09. The van der Waals surface area contributed by atoms with Crippen molar-refractivity contribution in [1.82, 2.24) is 4.98 Å². The summed E-state index contributed by atoms with van der Waals surface area (Å²) < 4.78 is 5.93. The molecule has 0 spiro atoms. The highest BCUT2D eigenvalue weighted by Crippen LogP contribution is 2.30. The highest BCUT2D eigenvalue weighted by Gasteiger charge is 2.14. The molecule has 0 radical (unpaired) electrons. The molecule has 1 heterocycles. The van der Waals surface area contributed by atoms with Crippen LogP contribution in [-0.4, -0.2) is 4.98 Å². The molecule has 0 atom stereocenters. The molecule has 0 saturated heterocycles. The van der Waals surface area contributed by atoms with E-state index in [-0.39, 0.29) is 0 Å². The van der Waals surface area contributed by atoms with Gasteiger partial charge in [-0.3, -0.25) is 0 Å². The minimum absolute atomic E-state index is 0.428. The number of ether oxygens (including phenoxy) is 1. The number of benzene rings is 2. The SMILES string of the molecule is Nc1cc(CC2CCCCC2)ccc1OCc1ccc2ccccc2n1. The van der Waals surface area contributed by atoms with Gasteiger partial charge in [0.1, 0.15) is 12.4 Å². The number of nitrogen functional groups attached to an aromatic ring is 1. The van der Waals surface area contributed by atoms with Gasteiger partial charge in [-0.15, -0.1) is 0 Å². The van der Waals surface area contributed by atoms with Gasteiger partial charge >= 0.3 is 0 Å². The fraction of sp³-hybridized carbons (Fsp3) is 0.348. The van der Waals surface area contributed by atoms with Crippen LogP contribution in [0.25, 0.3) is 10.9 Å². The monoisotopic (exact) mass is 346 g/mol. The number of hydrogen-bond donors (Lipinski definition) is 1. The molecule has 0 amide bonds. The van der Waals surface area contributed by atoms with Crippen molar-refractivity contribution in [3.63, 3.8) is 0 Å². The number of fused-ring (bicyclic) bond motifs is 1. The van der Waals surface area contributed by atoms with E-state index in [1.165, 1.54) is 37.7 Å². The molecular formula is C23H26N2O. The first kappa shape index (κ1) is 16.9. The van der Waals surface area contributed by atoms with Crippen LogP contribution in [0.4, 0.5) is 5.69 Å². The smallest absolute Gasteiger partial charge is 0.142 e. The Hall–Kier alpha value is -2.55. The summed E-state index contributed by atoms with van der Waals surface area (Å²) in [6, 6.07) is 18.5. The van der Waals surface area contributed by atoms with E-state index in [0.717, 1.165) is 40.4 Å². The first-order valence-electron chi connectivity index (χ1n) is 9.64. The van der Waals surface area contributed by atoms with Crippen molar-refractivity contribution in [3.8, 4) is 5.75 Å². The van der Waals surface area contributed by atoms with Crippen molar-refractivity contribution in [3.05, 3.63) is 65.9 Å². The molecule has 0 aliphatic heterocycles. The fourth-order valence-corrected chi connectivity index (χ4v) is 3.92. The second kappa shape index (κ2) is 7.77. The zero-order valence-corrected chi connectivity index (χ0v) is 15.2. The molecule has 2 aromatic carbocycles. The normalized spacial score (nSPS) is 15.2. The lowest BCUT2D eigenvalue weighted by atomic mass is 9.85. The van der Waals surface area contributed by atoms with Crippen molar-refractivity contribution in [2.45, 2.75) is 45.1 Å². The van der Waals surface area contributed by atoms with E-state index in [1.807, 2.05) is 30.3 Å². The van der Waals surface area contributed by atoms with Crippen LogP contribution in [0.3, 0.4) is 0 Å². The van der Waals surface area contributed by atoms with Gasteiger partial charge in [0.15, 0.2) is 0 Å².